The minimum absolute atomic E-state index is 0.184. The summed E-state index contributed by atoms with van der Waals surface area (Å²) in [5, 5.41) is 3.31. The second-order valence-electron chi connectivity index (χ2n) is 8.27. The molecule has 1 aromatic carbocycles. The fourth-order valence-electron chi connectivity index (χ4n) is 4.86. The highest BCUT2D eigenvalue weighted by molar-refractivity contribution is 5.88. The smallest absolute Gasteiger partial charge is 0.230 e. The lowest BCUT2D eigenvalue weighted by Crippen LogP contribution is -2.50. The quantitative estimate of drug-likeness (QED) is 0.862. The average Bonchev–Trinajstić information content (AvgIpc) is 3.28. The molecule has 0 bridgehead atoms. The zero-order chi connectivity index (χ0) is 18.5. The molecule has 1 amide bonds. The molecule has 1 N–H and O–H groups in total. The summed E-state index contributed by atoms with van der Waals surface area (Å²) < 4.78 is 11.1. The van der Waals surface area contributed by atoms with Gasteiger partial charge in [0.1, 0.15) is 0 Å². The Kier molecular flexibility index (Phi) is 6.11. The molecule has 5 nitrogen and oxygen atoms in total. The third-order valence-electron chi connectivity index (χ3n) is 6.73. The van der Waals surface area contributed by atoms with E-state index in [4.69, 9.17) is 9.47 Å². The van der Waals surface area contributed by atoms with E-state index >= 15 is 0 Å². The van der Waals surface area contributed by atoms with Crippen molar-refractivity contribution >= 4 is 5.91 Å². The van der Waals surface area contributed by atoms with Crippen LogP contribution >= 0.6 is 0 Å². The number of amides is 1. The molecule has 3 aliphatic rings. The second kappa shape index (κ2) is 8.72. The number of benzene rings is 1. The molecule has 4 rings (SSSR count). The maximum absolute atomic E-state index is 13.2. The van der Waals surface area contributed by atoms with Crippen molar-refractivity contribution in [1.82, 2.24) is 10.2 Å². The van der Waals surface area contributed by atoms with Gasteiger partial charge in [0.25, 0.3) is 0 Å². The number of piperidine rings is 1. The lowest BCUT2D eigenvalue weighted by molar-refractivity contribution is -0.130. The third kappa shape index (κ3) is 4.20. The molecule has 148 valence electrons. The van der Waals surface area contributed by atoms with E-state index in [1.165, 1.54) is 6.42 Å². The second-order valence-corrected chi connectivity index (χ2v) is 8.27. The van der Waals surface area contributed by atoms with Crippen LogP contribution in [0.15, 0.2) is 30.3 Å². The minimum Gasteiger partial charge on any atom is -0.381 e. The van der Waals surface area contributed by atoms with Gasteiger partial charge in [0.05, 0.1) is 12.0 Å². The van der Waals surface area contributed by atoms with E-state index in [1.807, 2.05) is 18.2 Å². The Balaban J connectivity index is 1.32. The molecule has 3 fully saturated rings. The molecule has 0 saturated carbocycles. The van der Waals surface area contributed by atoms with E-state index in [1.54, 1.807) is 0 Å². The molecule has 27 heavy (non-hydrogen) atoms. The Labute approximate surface area is 162 Å². The van der Waals surface area contributed by atoms with E-state index in [9.17, 15) is 4.79 Å². The summed E-state index contributed by atoms with van der Waals surface area (Å²) in [6.07, 6.45) is 5.03. The van der Waals surface area contributed by atoms with Crippen molar-refractivity contribution in [3.8, 4) is 0 Å². The summed E-state index contributed by atoms with van der Waals surface area (Å²) in [6.45, 7) is 6.17. The minimum atomic E-state index is -0.429. The topological polar surface area (TPSA) is 50.8 Å². The molecule has 1 unspecified atom stereocenters. The number of hydrogen-bond acceptors (Lipinski definition) is 4. The summed E-state index contributed by atoms with van der Waals surface area (Å²) in [7, 11) is 0. The Bertz CT molecular complexity index is 601. The van der Waals surface area contributed by atoms with Gasteiger partial charge in [-0.3, -0.25) is 9.69 Å². The lowest BCUT2D eigenvalue weighted by Gasteiger charge is -2.38. The fourth-order valence-corrected chi connectivity index (χ4v) is 4.86. The SMILES string of the molecule is O=C(NCC1CCN(C2CCOC2)CC1)C1(c2ccccc2)CCOCC1. The van der Waals surface area contributed by atoms with Gasteiger partial charge in [0.15, 0.2) is 0 Å². The van der Waals surface area contributed by atoms with Crippen molar-refractivity contribution < 1.29 is 14.3 Å². The van der Waals surface area contributed by atoms with E-state index in [-0.39, 0.29) is 5.91 Å². The first-order valence-electron chi connectivity index (χ1n) is 10.5. The van der Waals surface area contributed by atoms with Gasteiger partial charge in [0.2, 0.25) is 5.91 Å². The first-order valence-corrected chi connectivity index (χ1v) is 10.5. The highest BCUT2D eigenvalue weighted by Gasteiger charge is 2.41. The van der Waals surface area contributed by atoms with E-state index < -0.39 is 5.41 Å². The summed E-state index contributed by atoms with van der Waals surface area (Å²) in [4.78, 5) is 15.8. The first-order chi connectivity index (χ1) is 13.3. The van der Waals surface area contributed by atoms with E-state index in [0.29, 0.717) is 25.2 Å². The lowest BCUT2D eigenvalue weighted by atomic mass is 9.73. The predicted octanol–water partition coefficient (Wildman–Crippen LogP) is 2.35. The zero-order valence-corrected chi connectivity index (χ0v) is 16.2. The summed E-state index contributed by atoms with van der Waals surface area (Å²) in [5.41, 5.74) is 0.698. The number of rotatable bonds is 5. The standard InChI is InChI=1S/C22H32N2O3/c25-21(22(9-14-26-15-10-22)19-4-2-1-3-5-19)23-16-18-6-11-24(12-7-18)20-8-13-27-17-20/h1-5,18,20H,6-17H2,(H,23,25). The van der Waals surface area contributed by atoms with Crippen molar-refractivity contribution in [2.75, 3.05) is 46.1 Å². The molecule has 0 radical (unpaired) electrons. The number of carbonyl (C=O) groups is 1. The predicted molar refractivity (Wildman–Crippen MR) is 105 cm³/mol. The van der Waals surface area contributed by atoms with Crippen LogP contribution in [0.5, 0.6) is 0 Å². The van der Waals surface area contributed by atoms with Gasteiger partial charge >= 0.3 is 0 Å². The van der Waals surface area contributed by atoms with Crippen molar-refractivity contribution in [2.45, 2.75) is 43.6 Å². The third-order valence-corrected chi connectivity index (χ3v) is 6.73. The molecule has 3 heterocycles. The average molecular weight is 373 g/mol. The van der Waals surface area contributed by atoms with Crippen LogP contribution in [0, 0.1) is 5.92 Å². The van der Waals surface area contributed by atoms with Gasteiger partial charge in [-0.1, -0.05) is 30.3 Å². The van der Waals surface area contributed by atoms with Gasteiger partial charge in [-0.15, -0.1) is 0 Å². The molecular weight excluding hydrogens is 340 g/mol. The van der Waals surface area contributed by atoms with Gasteiger partial charge in [-0.25, -0.2) is 0 Å². The van der Waals surface area contributed by atoms with Crippen LogP contribution in [-0.2, 0) is 19.7 Å². The Morgan fingerprint density at radius 3 is 2.44 bits per heavy atom. The number of nitrogens with zero attached hydrogens (tertiary/aromatic N) is 1. The number of carbonyl (C=O) groups excluding carboxylic acids is 1. The zero-order valence-electron chi connectivity index (χ0n) is 16.2. The molecule has 0 spiro atoms. The van der Waals surface area contributed by atoms with E-state index in [2.05, 4.69) is 22.3 Å². The van der Waals surface area contributed by atoms with Crippen molar-refractivity contribution in [1.29, 1.82) is 0 Å². The van der Waals surface area contributed by atoms with Gasteiger partial charge in [-0.05, 0) is 56.7 Å². The van der Waals surface area contributed by atoms with Crippen molar-refractivity contribution in [3.63, 3.8) is 0 Å². The van der Waals surface area contributed by atoms with Crippen LogP contribution in [0.1, 0.15) is 37.7 Å². The van der Waals surface area contributed by atoms with Crippen LogP contribution < -0.4 is 5.32 Å². The molecule has 3 saturated heterocycles. The molecule has 1 aromatic rings. The number of ether oxygens (including phenoxy) is 2. The maximum atomic E-state index is 13.2. The highest BCUT2D eigenvalue weighted by atomic mass is 16.5. The van der Waals surface area contributed by atoms with Crippen LogP contribution in [0.3, 0.4) is 0 Å². The highest BCUT2D eigenvalue weighted by Crippen LogP contribution is 2.35. The number of hydrogen-bond donors (Lipinski definition) is 1. The maximum Gasteiger partial charge on any atom is 0.230 e. The Hall–Kier alpha value is -1.43. The van der Waals surface area contributed by atoms with Gasteiger partial charge in [0, 0.05) is 32.4 Å². The van der Waals surface area contributed by atoms with Gasteiger partial charge in [-0.2, -0.15) is 0 Å². The van der Waals surface area contributed by atoms with Crippen LogP contribution in [0.25, 0.3) is 0 Å². The molecule has 3 aliphatic heterocycles. The van der Waals surface area contributed by atoms with Crippen molar-refractivity contribution in [2.24, 2.45) is 5.92 Å². The van der Waals surface area contributed by atoms with Crippen LogP contribution in [-0.4, -0.2) is 62.9 Å². The monoisotopic (exact) mass is 372 g/mol. The molecule has 0 aliphatic carbocycles. The summed E-state index contributed by atoms with van der Waals surface area (Å²) in [5.74, 6) is 0.767. The summed E-state index contributed by atoms with van der Waals surface area (Å²) >= 11 is 0. The number of nitrogens with one attached hydrogen (secondary N) is 1. The van der Waals surface area contributed by atoms with Gasteiger partial charge < -0.3 is 14.8 Å². The normalized spacial score (nSPS) is 26.7. The molecule has 1 atom stereocenters. The largest absolute Gasteiger partial charge is 0.381 e. The van der Waals surface area contributed by atoms with Crippen LogP contribution in [0.2, 0.25) is 0 Å². The molecule has 0 aromatic heterocycles. The Morgan fingerprint density at radius 1 is 1.04 bits per heavy atom. The summed E-state index contributed by atoms with van der Waals surface area (Å²) in [6, 6.07) is 10.9. The fraction of sp³-hybridized carbons (Fsp3) is 0.682. The number of likely N-dealkylation sites (tertiary alicyclic amines) is 1. The Morgan fingerprint density at radius 2 is 1.78 bits per heavy atom. The van der Waals surface area contributed by atoms with Crippen LogP contribution in [0.4, 0.5) is 0 Å². The molecular formula is C22H32N2O3. The molecule has 5 heteroatoms. The van der Waals surface area contributed by atoms with Crippen molar-refractivity contribution in [3.05, 3.63) is 35.9 Å². The van der Waals surface area contributed by atoms with E-state index in [0.717, 1.165) is 64.1 Å². The first kappa shape index (κ1) is 18.9.